The summed E-state index contributed by atoms with van der Waals surface area (Å²) < 4.78 is 32.8. The van der Waals surface area contributed by atoms with E-state index in [9.17, 15) is 18.9 Å². The molecule has 0 aliphatic carbocycles. The molecule has 2 heterocycles. The van der Waals surface area contributed by atoms with Crippen molar-refractivity contribution in [3.05, 3.63) is 51.2 Å². The number of aromatic nitrogens is 1. The van der Waals surface area contributed by atoms with Crippen LogP contribution < -0.4 is 16.2 Å². The molecule has 1 aliphatic rings. The van der Waals surface area contributed by atoms with Crippen LogP contribution in [0, 0.1) is 21.7 Å². The maximum absolute atomic E-state index is 14.2. The molecule has 10 heteroatoms. The van der Waals surface area contributed by atoms with Crippen LogP contribution in [0.25, 0.3) is 0 Å². The summed E-state index contributed by atoms with van der Waals surface area (Å²) in [5, 5.41) is 11.2. The highest BCUT2D eigenvalue weighted by molar-refractivity contribution is 5.72. The Kier molecular flexibility index (Phi) is 5.59. The topological polar surface area (TPSA) is 121 Å². The van der Waals surface area contributed by atoms with Gasteiger partial charge in [-0.05, 0) is 37.9 Å². The van der Waals surface area contributed by atoms with Crippen molar-refractivity contribution in [2.75, 3.05) is 31.7 Å². The minimum atomic E-state index is -0.628. The van der Waals surface area contributed by atoms with Gasteiger partial charge in [-0.3, -0.25) is 15.0 Å². The summed E-state index contributed by atoms with van der Waals surface area (Å²) in [5.41, 5.74) is 12.0. The number of hydrogen-bond acceptors (Lipinski definition) is 7. The first-order valence-corrected chi connectivity index (χ1v) is 8.74. The highest BCUT2D eigenvalue weighted by Crippen LogP contribution is 2.38. The van der Waals surface area contributed by atoms with Crippen molar-refractivity contribution in [3.63, 3.8) is 0 Å². The smallest absolute Gasteiger partial charge is 0.334 e. The van der Waals surface area contributed by atoms with E-state index in [-0.39, 0.29) is 41.0 Å². The van der Waals surface area contributed by atoms with Gasteiger partial charge < -0.3 is 16.2 Å². The maximum atomic E-state index is 14.2. The van der Waals surface area contributed by atoms with E-state index in [1.54, 1.807) is 0 Å². The van der Waals surface area contributed by atoms with Gasteiger partial charge in [-0.25, -0.2) is 13.8 Å². The van der Waals surface area contributed by atoms with Crippen LogP contribution in [-0.4, -0.2) is 35.0 Å². The lowest BCUT2D eigenvalue weighted by Gasteiger charge is -2.32. The number of hydrogen-bond donors (Lipinski definition) is 2. The van der Waals surface area contributed by atoms with E-state index in [1.807, 2.05) is 4.90 Å². The van der Waals surface area contributed by atoms with Crippen LogP contribution in [0.4, 0.5) is 26.0 Å². The molecular weight excluding hydrogens is 372 g/mol. The van der Waals surface area contributed by atoms with Gasteiger partial charge in [0.2, 0.25) is 5.82 Å². The average Bonchev–Trinajstić information content (AvgIpc) is 2.65. The number of anilines is 2. The van der Waals surface area contributed by atoms with E-state index in [1.165, 1.54) is 13.3 Å². The van der Waals surface area contributed by atoms with E-state index in [0.29, 0.717) is 31.5 Å². The number of ether oxygens (including phenoxy) is 1. The second-order valence-electron chi connectivity index (χ2n) is 6.75. The zero-order chi connectivity index (χ0) is 20.4. The van der Waals surface area contributed by atoms with E-state index in [4.69, 9.17) is 16.2 Å². The first-order chi connectivity index (χ1) is 13.3. The molecule has 0 radical (unpaired) electrons. The van der Waals surface area contributed by atoms with Crippen LogP contribution in [0.1, 0.15) is 29.9 Å². The first kappa shape index (κ1) is 19.7. The molecule has 3 rings (SSSR count). The van der Waals surface area contributed by atoms with Crippen LogP contribution in [-0.2, 0) is 6.54 Å². The third-order valence-corrected chi connectivity index (χ3v) is 5.08. The average molecular weight is 393 g/mol. The molecule has 0 bridgehead atoms. The summed E-state index contributed by atoms with van der Waals surface area (Å²) in [6, 6.07) is 2.18. The van der Waals surface area contributed by atoms with Gasteiger partial charge in [0.05, 0.1) is 12.0 Å². The standard InChI is InChI=1S/C18H21F2N5O3/c1-28-15-7-13(19)11(6-14(15)20)9-24-4-2-10(3-5-24)12-8-23-18(22)17(16(12)21)25(26)27/h6-8,10H,2-5,9H2,1H3,(H4,21,22,23). The number of pyridine rings is 1. The fourth-order valence-corrected chi connectivity index (χ4v) is 3.55. The number of methoxy groups -OCH3 is 1. The normalized spacial score (nSPS) is 15.5. The van der Waals surface area contributed by atoms with Crippen LogP contribution in [0.3, 0.4) is 0 Å². The van der Waals surface area contributed by atoms with E-state index < -0.39 is 16.6 Å². The Morgan fingerprint density at radius 3 is 2.57 bits per heavy atom. The molecule has 0 unspecified atom stereocenters. The summed E-state index contributed by atoms with van der Waals surface area (Å²) in [5.74, 6) is -1.49. The Hall–Kier alpha value is -3.01. The number of piperidine rings is 1. The van der Waals surface area contributed by atoms with Crippen molar-refractivity contribution >= 4 is 17.2 Å². The van der Waals surface area contributed by atoms with Gasteiger partial charge in [-0.2, -0.15) is 0 Å². The van der Waals surface area contributed by atoms with Crippen molar-refractivity contribution in [1.82, 2.24) is 9.88 Å². The van der Waals surface area contributed by atoms with E-state index in [0.717, 1.165) is 12.1 Å². The number of nitro groups is 1. The quantitative estimate of drug-likeness (QED) is 0.592. The molecule has 1 aliphatic heterocycles. The van der Waals surface area contributed by atoms with Crippen molar-refractivity contribution in [2.24, 2.45) is 0 Å². The van der Waals surface area contributed by atoms with Gasteiger partial charge in [0.1, 0.15) is 11.5 Å². The molecule has 0 saturated carbocycles. The summed E-state index contributed by atoms with van der Waals surface area (Å²) >= 11 is 0. The van der Waals surface area contributed by atoms with Gasteiger partial charge in [0, 0.05) is 29.9 Å². The number of nitrogen functional groups attached to an aromatic ring is 2. The Labute approximate surface area is 160 Å². The zero-order valence-electron chi connectivity index (χ0n) is 15.3. The maximum Gasteiger partial charge on any atom is 0.334 e. The van der Waals surface area contributed by atoms with Crippen LogP contribution in [0.15, 0.2) is 18.3 Å². The third kappa shape index (κ3) is 3.81. The van der Waals surface area contributed by atoms with Crippen LogP contribution in [0.5, 0.6) is 5.75 Å². The second-order valence-corrected chi connectivity index (χ2v) is 6.75. The third-order valence-electron chi connectivity index (χ3n) is 5.08. The molecule has 1 fully saturated rings. The molecule has 0 atom stereocenters. The fourth-order valence-electron chi connectivity index (χ4n) is 3.55. The monoisotopic (exact) mass is 393 g/mol. The number of likely N-dealkylation sites (tertiary alicyclic amines) is 1. The van der Waals surface area contributed by atoms with Crippen molar-refractivity contribution in [3.8, 4) is 5.75 Å². The summed E-state index contributed by atoms with van der Waals surface area (Å²) in [7, 11) is 1.28. The van der Waals surface area contributed by atoms with Crippen LogP contribution >= 0.6 is 0 Å². The van der Waals surface area contributed by atoms with Gasteiger partial charge in [-0.15, -0.1) is 0 Å². The Balaban J connectivity index is 1.70. The molecule has 1 saturated heterocycles. The Morgan fingerprint density at radius 2 is 1.96 bits per heavy atom. The molecule has 1 aromatic heterocycles. The highest BCUT2D eigenvalue weighted by Gasteiger charge is 2.28. The largest absolute Gasteiger partial charge is 0.494 e. The predicted octanol–water partition coefficient (Wildman–Crippen LogP) is 2.82. The molecule has 150 valence electrons. The Morgan fingerprint density at radius 1 is 1.29 bits per heavy atom. The molecule has 2 aromatic rings. The van der Waals surface area contributed by atoms with Crippen molar-refractivity contribution in [1.29, 1.82) is 0 Å². The number of nitrogens with zero attached hydrogens (tertiary/aromatic N) is 3. The number of benzene rings is 1. The molecule has 28 heavy (non-hydrogen) atoms. The zero-order valence-corrected chi connectivity index (χ0v) is 15.3. The minimum absolute atomic E-state index is 0.0134. The van der Waals surface area contributed by atoms with Gasteiger partial charge >= 0.3 is 5.69 Å². The SMILES string of the molecule is COc1cc(F)c(CN2CCC(c3cnc(N)c([N+](=O)[O-])c3N)CC2)cc1F. The number of rotatable bonds is 5. The van der Waals surface area contributed by atoms with Gasteiger partial charge in [0.25, 0.3) is 0 Å². The van der Waals surface area contributed by atoms with Crippen molar-refractivity contribution in [2.45, 2.75) is 25.3 Å². The van der Waals surface area contributed by atoms with E-state index >= 15 is 0 Å². The molecule has 4 N–H and O–H groups in total. The summed E-state index contributed by atoms with van der Waals surface area (Å²) in [4.78, 5) is 16.4. The summed E-state index contributed by atoms with van der Waals surface area (Å²) in [6.45, 7) is 1.47. The van der Waals surface area contributed by atoms with E-state index in [2.05, 4.69) is 4.98 Å². The van der Waals surface area contributed by atoms with Crippen LogP contribution in [0.2, 0.25) is 0 Å². The second kappa shape index (κ2) is 7.93. The highest BCUT2D eigenvalue weighted by atomic mass is 19.1. The molecule has 1 aromatic carbocycles. The molecule has 0 spiro atoms. The first-order valence-electron chi connectivity index (χ1n) is 8.74. The minimum Gasteiger partial charge on any atom is -0.494 e. The number of halogens is 2. The van der Waals surface area contributed by atoms with Crippen molar-refractivity contribution < 1.29 is 18.4 Å². The lowest BCUT2D eigenvalue weighted by molar-refractivity contribution is -0.383. The number of nitrogens with two attached hydrogens (primary N) is 2. The Bertz CT molecular complexity index is 901. The fraction of sp³-hybridized carbons (Fsp3) is 0.389. The lowest BCUT2D eigenvalue weighted by Crippen LogP contribution is -2.33. The molecule has 8 nitrogen and oxygen atoms in total. The van der Waals surface area contributed by atoms with Gasteiger partial charge in [0.15, 0.2) is 11.6 Å². The predicted molar refractivity (Wildman–Crippen MR) is 99.9 cm³/mol. The summed E-state index contributed by atoms with van der Waals surface area (Å²) in [6.07, 6.45) is 2.80. The molecular formula is C18H21F2N5O3. The van der Waals surface area contributed by atoms with Gasteiger partial charge in [-0.1, -0.05) is 0 Å². The molecule has 0 amide bonds. The lowest BCUT2D eigenvalue weighted by atomic mass is 9.89.